The Hall–Kier alpha value is -2.47. The van der Waals surface area contributed by atoms with E-state index in [0.29, 0.717) is 11.1 Å². The van der Waals surface area contributed by atoms with Crippen molar-refractivity contribution in [2.45, 2.75) is 25.4 Å². The van der Waals surface area contributed by atoms with Crippen LogP contribution in [0.3, 0.4) is 0 Å². The number of benzene rings is 2. The first-order chi connectivity index (χ1) is 11.8. The summed E-state index contributed by atoms with van der Waals surface area (Å²) in [6.07, 6.45) is 0. The minimum atomic E-state index is -1.17. The Labute approximate surface area is 154 Å². The molecule has 0 unspecified atom stereocenters. The second kappa shape index (κ2) is 6.44. The van der Waals surface area contributed by atoms with E-state index in [1.807, 2.05) is 6.07 Å². The van der Waals surface area contributed by atoms with E-state index in [0.717, 1.165) is 9.37 Å². The van der Waals surface area contributed by atoms with Crippen LogP contribution in [0.25, 0.3) is 0 Å². The number of Topliss-reactive ketones (excluding diaryl/α,β-unsaturated/α-hetero) is 1. The van der Waals surface area contributed by atoms with Crippen LogP contribution < -0.4 is 5.32 Å². The van der Waals surface area contributed by atoms with Gasteiger partial charge in [0.05, 0.1) is 0 Å². The number of imide groups is 1. The summed E-state index contributed by atoms with van der Waals surface area (Å²) in [6, 6.07) is 14.4. The van der Waals surface area contributed by atoms with Crippen molar-refractivity contribution >= 4 is 33.7 Å². The van der Waals surface area contributed by atoms with Crippen molar-refractivity contribution in [1.82, 2.24) is 10.2 Å². The van der Waals surface area contributed by atoms with Crippen LogP contribution in [0, 0.1) is 0 Å². The molecule has 2 atom stereocenters. The first-order valence-electron chi connectivity index (χ1n) is 7.85. The number of urea groups is 1. The minimum Gasteiger partial charge on any atom is -0.319 e. The zero-order valence-corrected chi connectivity index (χ0v) is 15.4. The van der Waals surface area contributed by atoms with E-state index in [-0.39, 0.29) is 5.78 Å². The van der Waals surface area contributed by atoms with Gasteiger partial charge in [0.2, 0.25) is 0 Å². The molecule has 1 N–H and O–H groups in total. The molecule has 6 heteroatoms. The van der Waals surface area contributed by atoms with Crippen molar-refractivity contribution < 1.29 is 14.4 Å². The molecule has 25 heavy (non-hydrogen) atoms. The Balaban J connectivity index is 1.90. The summed E-state index contributed by atoms with van der Waals surface area (Å²) in [7, 11) is 0. The molecule has 1 saturated heterocycles. The average molecular weight is 401 g/mol. The minimum absolute atomic E-state index is 0.284. The molecule has 3 amide bonds. The van der Waals surface area contributed by atoms with Gasteiger partial charge in [-0.2, -0.15) is 0 Å². The predicted molar refractivity (Wildman–Crippen MR) is 97.1 cm³/mol. The van der Waals surface area contributed by atoms with Gasteiger partial charge < -0.3 is 5.32 Å². The van der Waals surface area contributed by atoms with Crippen molar-refractivity contribution in [3.05, 3.63) is 70.2 Å². The van der Waals surface area contributed by atoms with Gasteiger partial charge in [0.25, 0.3) is 5.91 Å². The number of rotatable bonds is 4. The maximum Gasteiger partial charge on any atom is 0.325 e. The Morgan fingerprint density at radius 2 is 1.68 bits per heavy atom. The molecule has 0 radical (unpaired) electrons. The fourth-order valence-corrected chi connectivity index (χ4v) is 3.22. The highest BCUT2D eigenvalue weighted by Gasteiger charge is 2.51. The van der Waals surface area contributed by atoms with Crippen molar-refractivity contribution in [3.8, 4) is 0 Å². The van der Waals surface area contributed by atoms with Crippen LogP contribution in [0.4, 0.5) is 4.79 Å². The number of nitrogens with zero attached hydrogens (tertiary/aromatic N) is 1. The van der Waals surface area contributed by atoms with Crippen LogP contribution in [0.5, 0.6) is 0 Å². The van der Waals surface area contributed by atoms with Gasteiger partial charge >= 0.3 is 6.03 Å². The number of carbonyl (C=O) groups is 3. The summed E-state index contributed by atoms with van der Waals surface area (Å²) in [4.78, 5) is 39.1. The predicted octanol–water partition coefficient (Wildman–Crippen LogP) is 3.49. The standard InChI is InChI=1S/C19H17BrN2O3/c1-12(16(23)13-8-10-15(20)11-9-13)22-17(24)19(2,21-18(22)25)14-6-4-3-5-7-14/h3-12H,1-2H3,(H,21,25)/t12-,19-/m1/s1. The van der Waals surface area contributed by atoms with Crippen LogP contribution >= 0.6 is 15.9 Å². The third-order valence-electron chi connectivity index (χ3n) is 4.47. The molecule has 0 aromatic heterocycles. The van der Waals surface area contributed by atoms with E-state index in [9.17, 15) is 14.4 Å². The molecule has 3 rings (SSSR count). The Morgan fingerprint density at radius 3 is 2.28 bits per heavy atom. The van der Waals surface area contributed by atoms with Crippen LogP contribution in [0.2, 0.25) is 0 Å². The molecule has 128 valence electrons. The van der Waals surface area contributed by atoms with Crippen molar-refractivity contribution in [3.63, 3.8) is 0 Å². The molecule has 1 fully saturated rings. The highest BCUT2D eigenvalue weighted by Crippen LogP contribution is 2.30. The van der Waals surface area contributed by atoms with Crippen molar-refractivity contribution in [2.24, 2.45) is 0 Å². The third-order valence-corrected chi connectivity index (χ3v) is 5.00. The van der Waals surface area contributed by atoms with Gasteiger partial charge in [-0.05, 0) is 31.5 Å². The summed E-state index contributed by atoms with van der Waals surface area (Å²) in [5, 5.41) is 2.72. The first-order valence-corrected chi connectivity index (χ1v) is 8.65. The number of halogens is 1. The maximum atomic E-state index is 13.0. The molecule has 1 heterocycles. The number of amides is 3. The number of nitrogens with one attached hydrogen (secondary N) is 1. The lowest BCUT2D eigenvalue weighted by Gasteiger charge is -2.24. The largest absolute Gasteiger partial charge is 0.325 e. The summed E-state index contributed by atoms with van der Waals surface area (Å²) in [5.74, 6) is -0.713. The number of hydrogen-bond donors (Lipinski definition) is 1. The molecule has 0 spiro atoms. The van der Waals surface area contributed by atoms with Crippen molar-refractivity contribution in [2.75, 3.05) is 0 Å². The van der Waals surface area contributed by atoms with E-state index >= 15 is 0 Å². The van der Waals surface area contributed by atoms with Crippen LogP contribution in [0.15, 0.2) is 59.1 Å². The summed E-state index contributed by atoms with van der Waals surface area (Å²) in [5.41, 5.74) is -0.0455. The molecular weight excluding hydrogens is 384 g/mol. The Bertz CT molecular complexity index is 836. The summed E-state index contributed by atoms with van der Waals surface area (Å²) >= 11 is 3.32. The topological polar surface area (TPSA) is 66.5 Å². The number of ketones is 1. The second-order valence-electron chi connectivity index (χ2n) is 6.14. The molecule has 0 aliphatic carbocycles. The van der Waals surface area contributed by atoms with Gasteiger partial charge in [0, 0.05) is 10.0 Å². The molecule has 1 aliphatic heterocycles. The molecule has 2 aromatic carbocycles. The molecule has 1 aliphatic rings. The van der Waals surface area contributed by atoms with E-state index in [1.165, 1.54) is 0 Å². The second-order valence-corrected chi connectivity index (χ2v) is 7.06. The van der Waals surface area contributed by atoms with Crippen molar-refractivity contribution in [1.29, 1.82) is 0 Å². The highest BCUT2D eigenvalue weighted by molar-refractivity contribution is 9.10. The Kier molecular flexibility index (Phi) is 4.47. The van der Waals surface area contributed by atoms with Crippen LogP contribution in [-0.2, 0) is 10.3 Å². The Morgan fingerprint density at radius 1 is 1.08 bits per heavy atom. The fourth-order valence-electron chi connectivity index (χ4n) is 2.95. The molecular formula is C19H17BrN2O3. The normalized spacial score (nSPS) is 21.2. The number of carbonyl (C=O) groups excluding carboxylic acids is 3. The van der Waals surface area contributed by atoms with Gasteiger partial charge in [-0.15, -0.1) is 0 Å². The zero-order chi connectivity index (χ0) is 18.2. The quantitative estimate of drug-likeness (QED) is 0.630. The summed E-state index contributed by atoms with van der Waals surface area (Å²) in [6.45, 7) is 3.22. The van der Waals surface area contributed by atoms with E-state index < -0.39 is 23.5 Å². The fraction of sp³-hybridized carbons (Fsp3) is 0.211. The zero-order valence-electron chi connectivity index (χ0n) is 13.8. The van der Waals surface area contributed by atoms with Crippen LogP contribution in [-0.4, -0.2) is 28.7 Å². The number of hydrogen-bond acceptors (Lipinski definition) is 3. The van der Waals surface area contributed by atoms with Crippen LogP contribution in [0.1, 0.15) is 29.8 Å². The SMILES string of the molecule is C[C@H](C(=O)c1ccc(Br)cc1)N1C(=O)N[C@](C)(c2ccccc2)C1=O. The molecule has 0 saturated carbocycles. The van der Waals surface area contributed by atoms with Gasteiger partial charge in [0.15, 0.2) is 5.78 Å². The monoisotopic (exact) mass is 400 g/mol. The van der Waals surface area contributed by atoms with E-state index in [1.54, 1.807) is 62.4 Å². The average Bonchev–Trinajstić information content (AvgIpc) is 2.85. The summed E-state index contributed by atoms with van der Waals surface area (Å²) < 4.78 is 0.850. The lowest BCUT2D eigenvalue weighted by atomic mass is 9.91. The van der Waals surface area contributed by atoms with Gasteiger partial charge in [-0.25, -0.2) is 4.79 Å². The van der Waals surface area contributed by atoms with Gasteiger partial charge in [0.1, 0.15) is 11.6 Å². The lowest BCUT2D eigenvalue weighted by Crippen LogP contribution is -2.45. The van der Waals surface area contributed by atoms with E-state index in [4.69, 9.17) is 0 Å². The molecule has 5 nitrogen and oxygen atoms in total. The van der Waals surface area contributed by atoms with E-state index in [2.05, 4.69) is 21.2 Å². The van der Waals surface area contributed by atoms with Gasteiger partial charge in [-0.3, -0.25) is 14.5 Å². The highest BCUT2D eigenvalue weighted by atomic mass is 79.9. The maximum absolute atomic E-state index is 13.0. The smallest absolute Gasteiger partial charge is 0.319 e. The van der Waals surface area contributed by atoms with Gasteiger partial charge in [-0.1, -0.05) is 58.4 Å². The molecule has 2 aromatic rings. The molecule has 0 bridgehead atoms. The lowest BCUT2D eigenvalue weighted by molar-refractivity contribution is -0.131. The first kappa shape index (κ1) is 17.4. The third kappa shape index (κ3) is 2.98.